The molecule has 2 rings (SSSR count). The first kappa shape index (κ1) is 11.4. The van der Waals surface area contributed by atoms with Gasteiger partial charge in [-0.3, -0.25) is 4.98 Å². The van der Waals surface area contributed by atoms with Crippen LogP contribution in [0.25, 0.3) is 0 Å². The highest BCUT2D eigenvalue weighted by atomic mass is 79.9. The minimum atomic E-state index is -3.49. The zero-order chi connectivity index (χ0) is 11.1. The molecule has 0 N–H and O–H groups in total. The second kappa shape index (κ2) is 3.71. The van der Waals surface area contributed by atoms with Crippen molar-refractivity contribution < 1.29 is 8.42 Å². The fraction of sp³-hybridized carbons (Fsp3) is 0.444. The average Bonchev–Trinajstić information content (AvgIpc) is 2.89. The topological polar surface area (TPSA) is 47.0 Å². The molecule has 3 nitrogen and oxygen atoms in total. The van der Waals surface area contributed by atoms with Crippen molar-refractivity contribution in [2.75, 3.05) is 0 Å². The molecule has 0 radical (unpaired) electrons. The number of halogens is 2. The highest BCUT2D eigenvalue weighted by molar-refractivity contribution is 9.10. The Bertz CT molecular complexity index is 485. The monoisotopic (exact) mass is 309 g/mol. The SMILES string of the molecule is O=S(=O)(Cl)C1(Cc2ncccc2Br)CC1. The quantitative estimate of drug-likeness (QED) is 0.806. The minimum absolute atomic E-state index is 0.389. The molecule has 1 saturated carbocycles. The Morgan fingerprint density at radius 2 is 2.20 bits per heavy atom. The van der Waals surface area contributed by atoms with Crippen LogP contribution in [-0.2, 0) is 15.5 Å². The van der Waals surface area contributed by atoms with Gasteiger partial charge in [-0.05, 0) is 40.9 Å². The summed E-state index contributed by atoms with van der Waals surface area (Å²) >= 11 is 3.34. The maximum Gasteiger partial charge on any atom is 0.238 e. The third-order valence-corrected chi connectivity index (χ3v) is 5.94. The molecule has 15 heavy (non-hydrogen) atoms. The van der Waals surface area contributed by atoms with Gasteiger partial charge in [-0.2, -0.15) is 0 Å². The molecule has 0 aromatic carbocycles. The molecule has 82 valence electrons. The standard InChI is InChI=1S/C9H9BrClNO2S/c10-7-2-1-5-12-8(7)6-9(3-4-9)15(11,13)14/h1-2,5H,3-4,6H2. The van der Waals surface area contributed by atoms with Crippen LogP contribution in [0.2, 0.25) is 0 Å². The van der Waals surface area contributed by atoms with E-state index in [9.17, 15) is 8.42 Å². The Balaban J connectivity index is 2.28. The predicted molar refractivity (Wildman–Crippen MR) is 62.4 cm³/mol. The van der Waals surface area contributed by atoms with Gasteiger partial charge in [-0.25, -0.2) is 8.42 Å². The van der Waals surface area contributed by atoms with E-state index in [0.717, 1.165) is 10.2 Å². The van der Waals surface area contributed by atoms with Crippen molar-refractivity contribution in [1.29, 1.82) is 0 Å². The zero-order valence-corrected chi connectivity index (χ0v) is 10.9. The van der Waals surface area contributed by atoms with Crippen LogP contribution in [0, 0.1) is 0 Å². The van der Waals surface area contributed by atoms with E-state index in [1.807, 2.05) is 6.07 Å². The first-order valence-electron chi connectivity index (χ1n) is 4.48. The van der Waals surface area contributed by atoms with E-state index in [0.29, 0.717) is 19.3 Å². The van der Waals surface area contributed by atoms with Gasteiger partial charge in [-0.15, -0.1) is 0 Å². The minimum Gasteiger partial charge on any atom is -0.260 e. The Morgan fingerprint density at radius 1 is 1.53 bits per heavy atom. The van der Waals surface area contributed by atoms with Crippen LogP contribution in [0.3, 0.4) is 0 Å². The van der Waals surface area contributed by atoms with Gasteiger partial charge in [0.15, 0.2) is 0 Å². The van der Waals surface area contributed by atoms with Crippen LogP contribution in [0.1, 0.15) is 18.5 Å². The normalized spacial score (nSPS) is 18.8. The number of nitrogens with zero attached hydrogens (tertiary/aromatic N) is 1. The summed E-state index contributed by atoms with van der Waals surface area (Å²) in [5.74, 6) is 0. The summed E-state index contributed by atoms with van der Waals surface area (Å²) in [6.07, 6.45) is 3.29. The number of rotatable bonds is 3. The Morgan fingerprint density at radius 3 is 2.67 bits per heavy atom. The molecule has 1 aromatic rings. The van der Waals surface area contributed by atoms with E-state index in [-0.39, 0.29) is 0 Å². The lowest BCUT2D eigenvalue weighted by Crippen LogP contribution is -2.21. The molecule has 1 heterocycles. The van der Waals surface area contributed by atoms with Crippen molar-refractivity contribution in [3.05, 3.63) is 28.5 Å². The van der Waals surface area contributed by atoms with Crippen LogP contribution >= 0.6 is 26.6 Å². The number of hydrogen-bond acceptors (Lipinski definition) is 3. The third kappa shape index (κ3) is 2.19. The summed E-state index contributed by atoms with van der Waals surface area (Å²) in [5.41, 5.74) is 0.749. The maximum absolute atomic E-state index is 11.4. The second-order valence-corrected chi connectivity index (χ2v) is 7.54. The van der Waals surface area contributed by atoms with E-state index in [4.69, 9.17) is 10.7 Å². The fourth-order valence-corrected chi connectivity index (χ4v) is 3.42. The van der Waals surface area contributed by atoms with E-state index in [1.54, 1.807) is 12.3 Å². The molecule has 0 bridgehead atoms. The van der Waals surface area contributed by atoms with Crippen LogP contribution in [0.15, 0.2) is 22.8 Å². The molecule has 0 aliphatic heterocycles. The number of aromatic nitrogens is 1. The van der Waals surface area contributed by atoms with Crippen molar-refractivity contribution in [3.63, 3.8) is 0 Å². The molecule has 1 aliphatic rings. The third-order valence-electron chi connectivity index (χ3n) is 2.65. The van der Waals surface area contributed by atoms with Crippen LogP contribution < -0.4 is 0 Å². The second-order valence-electron chi connectivity index (χ2n) is 3.73. The summed E-state index contributed by atoms with van der Waals surface area (Å²) in [5, 5.41) is 0. The van der Waals surface area contributed by atoms with Crippen molar-refractivity contribution in [2.24, 2.45) is 0 Å². The van der Waals surface area contributed by atoms with Crippen LogP contribution in [0.5, 0.6) is 0 Å². The molecule has 1 aromatic heterocycles. The van der Waals surface area contributed by atoms with Gasteiger partial charge < -0.3 is 0 Å². The predicted octanol–water partition coefficient (Wildman–Crippen LogP) is 2.49. The molecule has 0 spiro atoms. The lowest BCUT2D eigenvalue weighted by molar-refractivity contribution is 0.588. The summed E-state index contributed by atoms with van der Waals surface area (Å²) in [6, 6.07) is 3.64. The molecule has 0 amide bonds. The Kier molecular flexibility index (Phi) is 2.81. The average molecular weight is 311 g/mol. The van der Waals surface area contributed by atoms with Gasteiger partial charge in [0.05, 0.1) is 10.4 Å². The first-order chi connectivity index (χ1) is 6.95. The summed E-state index contributed by atoms with van der Waals surface area (Å²) in [4.78, 5) is 4.15. The van der Waals surface area contributed by atoms with Gasteiger partial charge in [0.2, 0.25) is 9.05 Å². The van der Waals surface area contributed by atoms with Crippen molar-refractivity contribution in [1.82, 2.24) is 4.98 Å². The van der Waals surface area contributed by atoms with Crippen LogP contribution in [0.4, 0.5) is 0 Å². The lowest BCUT2D eigenvalue weighted by atomic mass is 10.2. The van der Waals surface area contributed by atoms with Gasteiger partial charge in [-0.1, -0.05) is 0 Å². The van der Waals surface area contributed by atoms with Crippen molar-refractivity contribution in [3.8, 4) is 0 Å². The van der Waals surface area contributed by atoms with Crippen molar-refractivity contribution >= 4 is 35.7 Å². The van der Waals surface area contributed by atoms with E-state index in [1.165, 1.54) is 0 Å². The molecule has 6 heteroatoms. The van der Waals surface area contributed by atoms with Gasteiger partial charge in [0.25, 0.3) is 0 Å². The van der Waals surface area contributed by atoms with Gasteiger partial charge in [0, 0.05) is 27.8 Å². The van der Waals surface area contributed by atoms with E-state index in [2.05, 4.69) is 20.9 Å². The molecule has 0 atom stereocenters. The highest BCUT2D eigenvalue weighted by Crippen LogP contribution is 2.48. The largest absolute Gasteiger partial charge is 0.260 e. The van der Waals surface area contributed by atoms with E-state index >= 15 is 0 Å². The zero-order valence-electron chi connectivity index (χ0n) is 7.78. The number of pyridine rings is 1. The Hall–Kier alpha value is -0.130. The molecule has 1 fully saturated rings. The first-order valence-corrected chi connectivity index (χ1v) is 7.58. The lowest BCUT2D eigenvalue weighted by Gasteiger charge is -2.11. The molecule has 1 aliphatic carbocycles. The Labute approximate surface area is 101 Å². The summed E-state index contributed by atoms with van der Waals surface area (Å²) in [6.45, 7) is 0. The molecule has 0 unspecified atom stereocenters. The summed E-state index contributed by atoms with van der Waals surface area (Å²) in [7, 11) is 1.92. The van der Waals surface area contributed by atoms with Crippen molar-refractivity contribution in [2.45, 2.75) is 24.0 Å². The number of hydrogen-bond donors (Lipinski definition) is 0. The van der Waals surface area contributed by atoms with E-state index < -0.39 is 13.8 Å². The maximum atomic E-state index is 11.4. The molecular weight excluding hydrogens is 302 g/mol. The highest BCUT2D eigenvalue weighted by Gasteiger charge is 2.54. The van der Waals surface area contributed by atoms with Gasteiger partial charge >= 0.3 is 0 Å². The molecule has 0 saturated heterocycles. The van der Waals surface area contributed by atoms with Gasteiger partial charge in [0.1, 0.15) is 0 Å². The molecular formula is C9H9BrClNO2S. The summed E-state index contributed by atoms with van der Waals surface area (Å²) < 4.78 is 22.8. The van der Waals surface area contributed by atoms with Crippen LogP contribution in [-0.4, -0.2) is 18.1 Å². The fourth-order valence-electron chi connectivity index (χ4n) is 1.50. The smallest absolute Gasteiger partial charge is 0.238 e.